The summed E-state index contributed by atoms with van der Waals surface area (Å²) in [7, 11) is 3.60. The molecule has 0 aliphatic heterocycles. The van der Waals surface area contributed by atoms with Gasteiger partial charge in [0.05, 0.1) is 7.11 Å². The molecule has 0 atom stereocenters. The fraction of sp³-hybridized carbons (Fsp3) is 0.429. The van der Waals surface area contributed by atoms with Crippen LogP contribution in [0.25, 0.3) is 5.57 Å². The van der Waals surface area contributed by atoms with E-state index in [1.165, 1.54) is 12.8 Å². The zero-order chi connectivity index (χ0) is 12.0. The van der Waals surface area contributed by atoms with Crippen molar-refractivity contribution in [2.45, 2.75) is 26.2 Å². The predicted octanol–water partition coefficient (Wildman–Crippen LogP) is 3.94. The monoisotopic (exact) mass is 219 g/mol. The molecule has 88 valence electrons. The number of hydrogen-bond donors (Lipinski definition) is 1. The Morgan fingerprint density at radius 2 is 2.19 bits per heavy atom. The Kier molecular flexibility index (Phi) is 4.90. The van der Waals surface area contributed by atoms with Crippen molar-refractivity contribution in [3.63, 3.8) is 0 Å². The second kappa shape index (κ2) is 6.21. The maximum Gasteiger partial charge on any atom is 0.128 e. The first-order chi connectivity index (χ1) is 7.72. The number of ether oxygens (including phenoxy) is 1. The van der Waals surface area contributed by atoms with Crippen LogP contribution in [0.15, 0.2) is 24.8 Å². The van der Waals surface area contributed by atoms with Crippen molar-refractivity contribution >= 4 is 11.3 Å². The lowest BCUT2D eigenvalue weighted by Gasteiger charge is -2.12. The van der Waals surface area contributed by atoms with E-state index >= 15 is 0 Å². The predicted molar refractivity (Wildman–Crippen MR) is 71.1 cm³/mol. The van der Waals surface area contributed by atoms with E-state index < -0.39 is 0 Å². The summed E-state index contributed by atoms with van der Waals surface area (Å²) < 4.78 is 5.39. The first-order valence-electron chi connectivity index (χ1n) is 5.76. The number of unbranched alkanes of at least 4 members (excludes halogenated alkanes) is 1. The maximum atomic E-state index is 5.39. The lowest BCUT2D eigenvalue weighted by atomic mass is 10.0. The highest BCUT2D eigenvalue weighted by atomic mass is 16.5. The Balaban J connectivity index is 2.90. The van der Waals surface area contributed by atoms with E-state index in [1.807, 2.05) is 13.1 Å². The molecule has 0 fully saturated rings. The summed E-state index contributed by atoms with van der Waals surface area (Å²) in [6.45, 7) is 6.32. The van der Waals surface area contributed by atoms with Gasteiger partial charge in [-0.3, -0.25) is 0 Å². The van der Waals surface area contributed by atoms with Gasteiger partial charge in [0.2, 0.25) is 0 Å². The molecule has 0 amide bonds. The van der Waals surface area contributed by atoms with Crippen molar-refractivity contribution in [2.24, 2.45) is 0 Å². The minimum atomic E-state index is 0.896. The molecule has 16 heavy (non-hydrogen) atoms. The van der Waals surface area contributed by atoms with E-state index in [2.05, 4.69) is 31.0 Å². The van der Waals surface area contributed by atoms with Crippen LogP contribution < -0.4 is 10.1 Å². The summed E-state index contributed by atoms with van der Waals surface area (Å²) in [4.78, 5) is 0. The number of allylic oxidation sites excluding steroid dienone is 1. The molecule has 0 spiro atoms. The Hall–Kier alpha value is -1.44. The molecule has 1 aromatic rings. The van der Waals surface area contributed by atoms with Crippen LogP contribution >= 0.6 is 0 Å². The summed E-state index contributed by atoms with van der Waals surface area (Å²) >= 11 is 0. The van der Waals surface area contributed by atoms with Crippen LogP contribution in [0.2, 0.25) is 0 Å². The lowest BCUT2D eigenvalue weighted by molar-refractivity contribution is 0.413. The van der Waals surface area contributed by atoms with Gasteiger partial charge in [0.25, 0.3) is 0 Å². The first-order valence-corrected chi connectivity index (χ1v) is 5.76. The molecular formula is C14H21NO. The highest BCUT2D eigenvalue weighted by Gasteiger charge is 2.07. The van der Waals surface area contributed by atoms with Gasteiger partial charge in [0, 0.05) is 24.4 Å². The molecule has 0 radical (unpaired) electrons. The highest BCUT2D eigenvalue weighted by molar-refractivity contribution is 5.71. The summed E-state index contributed by atoms with van der Waals surface area (Å²) in [5, 5.41) is 3.10. The molecule has 2 heteroatoms. The van der Waals surface area contributed by atoms with Gasteiger partial charge in [-0.05, 0) is 30.5 Å². The van der Waals surface area contributed by atoms with E-state index in [1.54, 1.807) is 7.11 Å². The van der Waals surface area contributed by atoms with Crippen LogP contribution in [0.5, 0.6) is 5.75 Å². The third kappa shape index (κ3) is 3.02. The minimum absolute atomic E-state index is 0.896. The molecule has 0 aromatic heterocycles. The van der Waals surface area contributed by atoms with Crippen molar-refractivity contribution in [1.29, 1.82) is 0 Å². The molecule has 1 rings (SSSR count). The Labute approximate surface area is 98.3 Å². The Bertz CT molecular complexity index is 358. The van der Waals surface area contributed by atoms with Gasteiger partial charge in [0.1, 0.15) is 5.75 Å². The van der Waals surface area contributed by atoms with E-state index in [0.29, 0.717) is 0 Å². The minimum Gasteiger partial charge on any atom is -0.496 e. The molecule has 0 aliphatic rings. The van der Waals surface area contributed by atoms with Gasteiger partial charge < -0.3 is 10.1 Å². The van der Waals surface area contributed by atoms with E-state index in [4.69, 9.17) is 4.74 Å². The average Bonchev–Trinajstić information content (AvgIpc) is 2.34. The van der Waals surface area contributed by atoms with Gasteiger partial charge >= 0.3 is 0 Å². The number of rotatable bonds is 6. The number of hydrogen-bond acceptors (Lipinski definition) is 2. The zero-order valence-electron chi connectivity index (χ0n) is 10.5. The number of methoxy groups -OCH3 is 1. The van der Waals surface area contributed by atoms with Gasteiger partial charge in [-0.15, -0.1) is 0 Å². The van der Waals surface area contributed by atoms with Crippen LogP contribution in [0, 0.1) is 0 Å². The van der Waals surface area contributed by atoms with Crippen molar-refractivity contribution in [2.75, 3.05) is 19.5 Å². The van der Waals surface area contributed by atoms with Crippen molar-refractivity contribution in [3.05, 3.63) is 30.3 Å². The van der Waals surface area contributed by atoms with Crippen molar-refractivity contribution in [1.82, 2.24) is 0 Å². The SMILES string of the molecule is C=C(CCCC)c1ccc(NC)cc1OC. The molecule has 2 nitrogen and oxygen atoms in total. The molecule has 0 bridgehead atoms. The van der Waals surface area contributed by atoms with Gasteiger partial charge in [-0.25, -0.2) is 0 Å². The third-order valence-electron chi connectivity index (χ3n) is 2.70. The van der Waals surface area contributed by atoms with E-state index in [-0.39, 0.29) is 0 Å². The van der Waals surface area contributed by atoms with Crippen LogP contribution in [-0.4, -0.2) is 14.2 Å². The first kappa shape index (κ1) is 12.6. The smallest absolute Gasteiger partial charge is 0.128 e. The van der Waals surface area contributed by atoms with Crippen LogP contribution in [-0.2, 0) is 0 Å². The standard InChI is InChI=1S/C14H21NO/c1-5-6-7-11(2)13-9-8-12(15-3)10-14(13)16-4/h8-10,15H,2,5-7H2,1,3-4H3. The molecular weight excluding hydrogens is 198 g/mol. The summed E-state index contributed by atoms with van der Waals surface area (Å²) in [5.41, 5.74) is 3.33. The van der Waals surface area contributed by atoms with E-state index in [9.17, 15) is 0 Å². The second-order valence-electron chi connectivity index (χ2n) is 3.87. The topological polar surface area (TPSA) is 21.3 Å². The quantitative estimate of drug-likeness (QED) is 0.782. The number of nitrogens with one attached hydrogen (secondary N) is 1. The number of anilines is 1. The zero-order valence-corrected chi connectivity index (χ0v) is 10.5. The molecule has 0 saturated carbocycles. The third-order valence-corrected chi connectivity index (χ3v) is 2.70. The molecule has 1 N–H and O–H groups in total. The summed E-state index contributed by atoms with van der Waals surface area (Å²) in [6.07, 6.45) is 3.40. The van der Waals surface area contributed by atoms with Crippen LogP contribution in [0.4, 0.5) is 5.69 Å². The Morgan fingerprint density at radius 3 is 2.75 bits per heavy atom. The Morgan fingerprint density at radius 1 is 1.44 bits per heavy atom. The fourth-order valence-corrected chi connectivity index (χ4v) is 1.66. The highest BCUT2D eigenvalue weighted by Crippen LogP contribution is 2.30. The maximum absolute atomic E-state index is 5.39. The molecule has 0 unspecified atom stereocenters. The normalized spacial score (nSPS) is 9.94. The van der Waals surface area contributed by atoms with Gasteiger partial charge in [0.15, 0.2) is 0 Å². The average molecular weight is 219 g/mol. The number of benzene rings is 1. The van der Waals surface area contributed by atoms with Crippen LogP contribution in [0.3, 0.4) is 0 Å². The van der Waals surface area contributed by atoms with Gasteiger partial charge in [-0.1, -0.05) is 19.9 Å². The molecule has 0 heterocycles. The largest absolute Gasteiger partial charge is 0.496 e. The molecule has 0 aliphatic carbocycles. The van der Waals surface area contributed by atoms with Crippen molar-refractivity contribution in [3.8, 4) is 5.75 Å². The second-order valence-corrected chi connectivity index (χ2v) is 3.87. The molecule has 0 saturated heterocycles. The summed E-state index contributed by atoms with van der Waals surface area (Å²) in [5.74, 6) is 0.896. The van der Waals surface area contributed by atoms with Crippen LogP contribution in [0.1, 0.15) is 31.7 Å². The van der Waals surface area contributed by atoms with Crippen molar-refractivity contribution < 1.29 is 4.74 Å². The fourth-order valence-electron chi connectivity index (χ4n) is 1.66. The molecule has 1 aromatic carbocycles. The van der Waals surface area contributed by atoms with E-state index in [0.717, 1.165) is 29.0 Å². The lowest BCUT2D eigenvalue weighted by Crippen LogP contribution is -1.94. The summed E-state index contributed by atoms with van der Waals surface area (Å²) in [6, 6.07) is 6.13. The van der Waals surface area contributed by atoms with Gasteiger partial charge in [-0.2, -0.15) is 0 Å².